The molecule has 0 saturated carbocycles. The molecule has 1 aromatic heterocycles. The molecule has 6 nitrogen and oxygen atoms in total. The SMILES string of the molecule is O=CC(OC(c1ccccc1)c1ccccc1)N1CCN(Cc2cc(-c3ccccc3)no2)CC1. The summed E-state index contributed by atoms with van der Waals surface area (Å²) in [6.07, 6.45) is -0.00863. The molecule has 0 amide bonds. The molecular formula is C29H29N3O3. The Hall–Kier alpha value is -3.58. The molecule has 6 heteroatoms. The number of hydrogen-bond donors (Lipinski definition) is 0. The van der Waals surface area contributed by atoms with Crippen molar-refractivity contribution in [2.45, 2.75) is 18.9 Å². The van der Waals surface area contributed by atoms with Crippen molar-refractivity contribution < 1.29 is 14.1 Å². The van der Waals surface area contributed by atoms with Crippen molar-refractivity contribution in [3.05, 3.63) is 114 Å². The largest absolute Gasteiger partial charge is 0.359 e. The number of aldehydes is 1. The number of carbonyl (C=O) groups is 1. The van der Waals surface area contributed by atoms with Crippen LogP contribution in [0.2, 0.25) is 0 Å². The molecule has 4 aromatic rings. The van der Waals surface area contributed by atoms with E-state index in [-0.39, 0.29) is 6.10 Å². The maximum absolute atomic E-state index is 12.1. The van der Waals surface area contributed by atoms with Crippen LogP contribution in [0.5, 0.6) is 0 Å². The van der Waals surface area contributed by atoms with E-state index in [4.69, 9.17) is 9.26 Å². The number of benzene rings is 3. The molecule has 1 unspecified atom stereocenters. The molecule has 0 bridgehead atoms. The Balaban J connectivity index is 1.21. The fourth-order valence-corrected chi connectivity index (χ4v) is 4.48. The molecular weight excluding hydrogens is 438 g/mol. The van der Waals surface area contributed by atoms with Gasteiger partial charge in [-0.2, -0.15) is 0 Å². The predicted molar refractivity (Wildman–Crippen MR) is 134 cm³/mol. The Morgan fingerprint density at radius 2 is 1.40 bits per heavy atom. The normalized spacial score (nSPS) is 15.8. The second-order valence-electron chi connectivity index (χ2n) is 8.72. The number of carbonyl (C=O) groups excluding carboxylic acids is 1. The van der Waals surface area contributed by atoms with Gasteiger partial charge in [0.15, 0.2) is 18.3 Å². The maximum Gasteiger partial charge on any atom is 0.168 e. The van der Waals surface area contributed by atoms with Gasteiger partial charge in [0.05, 0.1) is 6.54 Å². The average molecular weight is 468 g/mol. The van der Waals surface area contributed by atoms with E-state index >= 15 is 0 Å². The van der Waals surface area contributed by atoms with Gasteiger partial charge in [-0.15, -0.1) is 0 Å². The third-order valence-corrected chi connectivity index (χ3v) is 6.37. The predicted octanol–water partition coefficient (Wildman–Crippen LogP) is 4.79. The molecule has 1 saturated heterocycles. The summed E-state index contributed by atoms with van der Waals surface area (Å²) >= 11 is 0. The Labute approximate surface area is 205 Å². The highest BCUT2D eigenvalue weighted by molar-refractivity contribution is 5.58. The standard InChI is InChI=1S/C29H29N3O3/c33-22-28(34-29(24-12-6-2-7-13-24)25-14-8-3-9-15-25)32-18-16-31(17-19-32)21-26-20-27(30-35-26)23-10-4-1-5-11-23/h1-15,20,22,28-29H,16-19,21H2. The third kappa shape index (κ3) is 5.74. The summed E-state index contributed by atoms with van der Waals surface area (Å²) < 4.78 is 12.0. The highest BCUT2D eigenvalue weighted by atomic mass is 16.5. The quantitative estimate of drug-likeness (QED) is 0.330. The lowest BCUT2D eigenvalue weighted by molar-refractivity contribution is -0.140. The van der Waals surface area contributed by atoms with Crippen molar-refractivity contribution in [1.82, 2.24) is 15.0 Å². The van der Waals surface area contributed by atoms with Gasteiger partial charge in [-0.3, -0.25) is 14.6 Å². The minimum Gasteiger partial charge on any atom is -0.359 e. The lowest BCUT2D eigenvalue weighted by atomic mass is 10.0. The molecule has 0 aliphatic carbocycles. The summed E-state index contributed by atoms with van der Waals surface area (Å²) in [5.41, 5.74) is 3.96. The monoisotopic (exact) mass is 467 g/mol. The van der Waals surface area contributed by atoms with Crippen molar-refractivity contribution in [2.75, 3.05) is 26.2 Å². The van der Waals surface area contributed by atoms with Crippen molar-refractivity contribution in [2.24, 2.45) is 0 Å². The van der Waals surface area contributed by atoms with Gasteiger partial charge in [0, 0.05) is 37.8 Å². The van der Waals surface area contributed by atoms with Crippen LogP contribution in [0.4, 0.5) is 0 Å². The molecule has 1 aliphatic heterocycles. The summed E-state index contributed by atoms with van der Waals surface area (Å²) in [4.78, 5) is 16.5. The molecule has 0 N–H and O–H groups in total. The first kappa shape index (κ1) is 23.2. The number of ether oxygens (including phenoxy) is 1. The smallest absolute Gasteiger partial charge is 0.168 e. The number of hydrogen-bond acceptors (Lipinski definition) is 6. The van der Waals surface area contributed by atoms with Crippen molar-refractivity contribution in [3.8, 4) is 11.3 Å². The highest BCUT2D eigenvalue weighted by Crippen LogP contribution is 2.28. The molecule has 0 spiro atoms. The van der Waals surface area contributed by atoms with Crippen LogP contribution in [0.1, 0.15) is 23.0 Å². The number of nitrogens with zero attached hydrogens (tertiary/aromatic N) is 3. The number of rotatable bonds is 9. The van der Waals surface area contributed by atoms with E-state index in [0.717, 1.165) is 60.6 Å². The molecule has 1 aliphatic rings. The Morgan fingerprint density at radius 3 is 1.97 bits per heavy atom. The summed E-state index contributed by atoms with van der Waals surface area (Å²) in [6, 6.07) is 32.1. The van der Waals surface area contributed by atoms with Gasteiger partial charge >= 0.3 is 0 Å². The zero-order valence-corrected chi connectivity index (χ0v) is 19.6. The van der Waals surface area contributed by atoms with Gasteiger partial charge in [-0.25, -0.2) is 0 Å². The minimum atomic E-state index is -0.613. The van der Waals surface area contributed by atoms with Gasteiger partial charge in [0.1, 0.15) is 11.8 Å². The molecule has 1 fully saturated rings. The van der Waals surface area contributed by atoms with Crippen molar-refractivity contribution >= 4 is 6.29 Å². The number of piperazine rings is 1. The third-order valence-electron chi connectivity index (χ3n) is 6.37. The van der Waals surface area contributed by atoms with Crippen LogP contribution in [-0.2, 0) is 16.1 Å². The van der Waals surface area contributed by atoms with Crippen LogP contribution in [0.25, 0.3) is 11.3 Å². The van der Waals surface area contributed by atoms with E-state index in [1.54, 1.807) is 0 Å². The Kier molecular flexibility index (Phi) is 7.44. The fraction of sp³-hybridized carbons (Fsp3) is 0.241. The topological polar surface area (TPSA) is 58.8 Å². The molecule has 2 heterocycles. The van der Waals surface area contributed by atoms with Gasteiger partial charge < -0.3 is 9.26 Å². The summed E-state index contributed by atoms with van der Waals surface area (Å²) in [5, 5.41) is 4.22. The molecule has 0 radical (unpaired) electrons. The van der Waals surface area contributed by atoms with E-state index in [0.29, 0.717) is 6.54 Å². The van der Waals surface area contributed by atoms with Crippen LogP contribution in [0.15, 0.2) is 102 Å². The first-order chi connectivity index (χ1) is 17.3. The van der Waals surface area contributed by atoms with Crippen LogP contribution in [0.3, 0.4) is 0 Å². The first-order valence-electron chi connectivity index (χ1n) is 12.0. The highest BCUT2D eigenvalue weighted by Gasteiger charge is 2.28. The van der Waals surface area contributed by atoms with Crippen molar-refractivity contribution in [1.29, 1.82) is 0 Å². The first-order valence-corrected chi connectivity index (χ1v) is 12.0. The van der Waals surface area contributed by atoms with E-state index in [9.17, 15) is 4.79 Å². The van der Waals surface area contributed by atoms with E-state index < -0.39 is 6.23 Å². The van der Waals surface area contributed by atoms with Crippen LogP contribution in [-0.4, -0.2) is 53.6 Å². The van der Waals surface area contributed by atoms with Gasteiger partial charge in [0.25, 0.3) is 0 Å². The van der Waals surface area contributed by atoms with E-state index in [1.807, 2.05) is 97.1 Å². The van der Waals surface area contributed by atoms with Gasteiger partial charge in [-0.05, 0) is 11.1 Å². The average Bonchev–Trinajstić information content (AvgIpc) is 3.40. The Bertz CT molecular complexity index is 1150. The lowest BCUT2D eigenvalue weighted by Gasteiger charge is -2.38. The second-order valence-corrected chi connectivity index (χ2v) is 8.72. The molecule has 5 rings (SSSR count). The fourth-order valence-electron chi connectivity index (χ4n) is 4.48. The number of aromatic nitrogens is 1. The minimum absolute atomic E-state index is 0.309. The zero-order chi connectivity index (χ0) is 23.9. The van der Waals surface area contributed by atoms with Crippen LogP contribution < -0.4 is 0 Å². The van der Waals surface area contributed by atoms with Gasteiger partial charge in [0.2, 0.25) is 0 Å². The summed E-state index contributed by atoms with van der Waals surface area (Å²) in [7, 11) is 0. The molecule has 178 valence electrons. The zero-order valence-electron chi connectivity index (χ0n) is 19.6. The molecule has 35 heavy (non-hydrogen) atoms. The Morgan fingerprint density at radius 1 is 0.829 bits per heavy atom. The molecule has 3 aromatic carbocycles. The summed E-state index contributed by atoms with van der Waals surface area (Å²) in [6.45, 7) is 3.79. The maximum atomic E-state index is 12.1. The second kappa shape index (κ2) is 11.2. The van der Waals surface area contributed by atoms with Crippen LogP contribution >= 0.6 is 0 Å². The van der Waals surface area contributed by atoms with Crippen molar-refractivity contribution in [3.63, 3.8) is 0 Å². The van der Waals surface area contributed by atoms with Gasteiger partial charge in [-0.1, -0.05) is 96.2 Å². The summed E-state index contributed by atoms with van der Waals surface area (Å²) in [5.74, 6) is 0.841. The van der Waals surface area contributed by atoms with Crippen LogP contribution in [0, 0.1) is 0 Å². The van der Waals surface area contributed by atoms with E-state index in [2.05, 4.69) is 15.0 Å². The lowest BCUT2D eigenvalue weighted by Crippen LogP contribution is -2.51. The van der Waals surface area contributed by atoms with E-state index in [1.165, 1.54) is 0 Å². The molecule has 1 atom stereocenters.